The number of aromatic nitrogens is 2. The molecule has 1 aromatic rings. The Hall–Kier alpha value is -1.08. The molecule has 0 N–H and O–H groups in total. The fraction of sp³-hybridized carbons (Fsp3) is 0.636. The molecule has 0 amide bonds. The standard InChI is InChI=1S/C11H18F2N2O2Si/c1-18(2,3)5-4-17-8-15-6-9(14-7-15)10(16)11(12)13/h6-7,11H,4-5,8H2,1-3H3. The molecule has 0 saturated carbocycles. The fourth-order valence-corrected chi connectivity index (χ4v) is 1.97. The van der Waals surface area contributed by atoms with Crippen LogP contribution < -0.4 is 0 Å². The van der Waals surface area contributed by atoms with Crippen molar-refractivity contribution in [2.24, 2.45) is 0 Å². The molecule has 0 aliphatic rings. The van der Waals surface area contributed by atoms with Crippen LogP contribution >= 0.6 is 0 Å². The summed E-state index contributed by atoms with van der Waals surface area (Å²) < 4.78 is 31.2. The number of imidazole rings is 1. The summed E-state index contributed by atoms with van der Waals surface area (Å²) in [4.78, 5) is 14.6. The summed E-state index contributed by atoms with van der Waals surface area (Å²) in [5.74, 6) is -1.25. The van der Waals surface area contributed by atoms with E-state index in [-0.39, 0.29) is 12.4 Å². The van der Waals surface area contributed by atoms with E-state index in [2.05, 4.69) is 24.6 Å². The van der Waals surface area contributed by atoms with Gasteiger partial charge in [0.2, 0.25) is 5.78 Å². The van der Waals surface area contributed by atoms with Crippen LogP contribution in [0.4, 0.5) is 8.78 Å². The molecule has 1 heterocycles. The van der Waals surface area contributed by atoms with Crippen molar-refractivity contribution in [2.45, 2.75) is 38.8 Å². The first kappa shape index (κ1) is 15.0. The van der Waals surface area contributed by atoms with Gasteiger partial charge in [0.1, 0.15) is 12.4 Å². The number of nitrogens with zero attached hydrogens (tertiary/aromatic N) is 2. The first-order valence-corrected chi connectivity index (χ1v) is 9.42. The predicted molar refractivity (Wildman–Crippen MR) is 66.7 cm³/mol. The summed E-state index contributed by atoms with van der Waals surface area (Å²) in [6, 6.07) is 1.03. The van der Waals surface area contributed by atoms with Gasteiger partial charge in [-0.05, 0) is 6.04 Å². The third-order valence-electron chi connectivity index (χ3n) is 2.32. The van der Waals surface area contributed by atoms with E-state index < -0.39 is 20.3 Å². The topological polar surface area (TPSA) is 44.1 Å². The Bertz CT molecular complexity index is 402. The summed E-state index contributed by atoms with van der Waals surface area (Å²) in [6.07, 6.45) is -0.409. The van der Waals surface area contributed by atoms with Crippen LogP contribution in [0, 0.1) is 0 Å². The first-order chi connectivity index (χ1) is 8.29. The van der Waals surface area contributed by atoms with E-state index in [0.717, 1.165) is 6.04 Å². The third-order valence-corrected chi connectivity index (χ3v) is 4.02. The Morgan fingerprint density at radius 1 is 1.50 bits per heavy atom. The molecule has 0 bridgehead atoms. The monoisotopic (exact) mass is 276 g/mol. The zero-order chi connectivity index (χ0) is 13.8. The van der Waals surface area contributed by atoms with Gasteiger partial charge in [0, 0.05) is 20.9 Å². The van der Waals surface area contributed by atoms with E-state index in [1.165, 1.54) is 17.1 Å². The molecule has 0 saturated heterocycles. The van der Waals surface area contributed by atoms with E-state index in [9.17, 15) is 13.6 Å². The maximum atomic E-state index is 12.1. The summed E-state index contributed by atoms with van der Waals surface area (Å²) in [5, 5.41) is 0. The maximum Gasteiger partial charge on any atom is 0.302 e. The van der Waals surface area contributed by atoms with Gasteiger partial charge in [0.15, 0.2) is 0 Å². The number of rotatable bonds is 7. The summed E-state index contributed by atoms with van der Waals surface area (Å²) >= 11 is 0. The van der Waals surface area contributed by atoms with Gasteiger partial charge in [-0.2, -0.15) is 0 Å². The Balaban J connectivity index is 2.38. The lowest BCUT2D eigenvalue weighted by atomic mass is 10.3. The molecule has 1 aromatic heterocycles. The van der Waals surface area contributed by atoms with E-state index in [1.807, 2.05) is 0 Å². The Morgan fingerprint density at radius 2 is 2.17 bits per heavy atom. The second-order valence-electron chi connectivity index (χ2n) is 5.29. The van der Waals surface area contributed by atoms with Crippen molar-refractivity contribution in [1.29, 1.82) is 0 Å². The molecule has 0 unspecified atom stereocenters. The van der Waals surface area contributed by atoms with Crippen LogP contribution in [0.25, 0.3) is 0 Å². The lowest BCUT2D eigenvalue weighted by Crippen LogP contribution is -2.21. The highest BCUT2D eigenvalue weighted by Gasteiger charge is 2.20. The molecule has 102 valence electrons. The van der Waals surface area contributed by atoms with E-state index >= 15 is 0 Å². The third kappa shape index (κ3) is 5.05. The van der Waals surface area contributed by atoms with E-state index in [4.69, 9.17) is 4.74 Å². The number of ketones is 1. The van der Waals surface area contributed by atoms with Gasteiger partial charge >= 0.3 is 6.43 Å². The minimum atomic E-state index is -3.01. The zero-order valence-electron chi connectivity index (χ0n) is 10.8. The molecule has 7 heteroatoms. The molecular weight excluding hydrogens is 258 g/mol. The molecule has 1 rings (SSSR count). The minimum absolute atomic E-state index is 0.223. The van der Waals surface area contributed by atoms with Crippen molar-refractivity contribution in [3.8, 4) is 0 Å². The van der Waals surface area contributed by atoms with Crippen molar-refractivity contribution in [1.82, 2.24) is 9.55 Å². The number of carbonyl (C=O) groups is 1. The average Bonchev–Trinajstić information content (AvgIpc) is 2.70. The molecule has 4 nitrogen and oxygen atoms in total. The van der Waals surface area contributed by atoms with Gasteiger partial charge in [-0.15, -0.1) is 0 Å². The molecule has 0 atom stereocenters. The van der Waals surface area contributed by atoms with Crippen molar-refractivity contribution < 1.29 is 18.3 Å². The second-order valence-corrected chi connectivity index (χ2v) is 10.9. The van der Waals surface area contributed by atoms with Crippen LogP contribution in [-0.4, -0.2) is 36.4 Å². The largest absolute Gasteiger partial charge is 0.361 e. The number of alkyl halides is 2. The van der Waals surface area contributed by atoms with Gasteiger partial charge in [-0.25, -0.2) is 13.8 Å². The lowest BCUT2D eigenvalue weighted by Gasteiger charge is -2.15. The van der Waals surface area contributed by atoms with Crippen molar-refractivity contribution in [2.75, 3.05) is 6.61 Å². The summed E-state index contributed by atoms with van der Waals surface area (Å²) in [6.45, 7) is 7.59. The van der Waals surface area contributed by atoms with Gasteiger partial charge in [0.25, 0.3) is 0 Å². The van der Waals surface area contributed by atoms with Gasteiger partial charge in [-0.3, -0.25) is 4.79 Å². The molecule has 0 fully saturated rings. The predicted octanol–water partition coefficient (Wildman–Crippen LogP) is 2.64. The lowest BCUT2D eigenvalue weighted by molar-refractivity contribution is 0.0672. The van der Waals surface area contributed by atoms with Crippen LogP contribution in [0.2, 0.25) is 25.7 Å². The summed E-state index contributed by atoms with van der Waals surface area (Å²) in [7, 11) is -1.13. The van der Waals surface area contributed by atoms with Crippen molar-refractivity contribution in [3.05, 3.63) is 18.2 Å². The molecule has 18 heavy (non-hydrogen) atoms. The number of carbonyl (C=O) groups excluding carboxylic acids is 1. The van der Waals surface area contributed by atoms with Crippen LogP contribution in [0.1, 0.15) is 10.5 Å². The maximum absolute atomic E-state index is 12.1. The van der Waals surface area contributed by atoms with Gasteiger partial charge in [0.05, 0.1) is 6.33 Å². The zero-order valence-corrected chi connectivity index (χ0v) is 11.8. The number of halogens is 2. The molecule has 0 spiro atoms. The van der Waals surface area contributed by atoms with Crippen LogP contribution in [0.15, 0.2) is 12.5 Å². The number of hydrogen-bond acceptors (Lipinski definition) is 3. The van der Waals surface area contributed by atoms with Gasteiger partial charge < -0.3 is 9.30 Å². The Morgan fingerprint density at radius 3 is 2.72 bits per heavy atom. The highest BCUT2D eigenvalue weighted by molar-refractivity contribution is 6.76. The quantitative estimate of drug-likeness (QED) is 0.437. The fourth-order valence-electron chi connectivity index (χ4n) is 1.22. The Labute approximate surface area is 106 Å². The Kier molecular flexibility index (Phi) is 5.15. The molecule has 0 aliphatic heterocycles. The minimum Gasteiger partial charge on any atom is -0.361 e. The molecule has 0 radical (unpaired) electrons. The number of ether oxygens (including phenoxy) is 1. The van der Waals surface area contributed by atoms with Crippen molar-refractivity contribution >= 4 is 13.9 Å². The van der Waals surface area contributed by atoms with E-state index in [0.29, 0.717) is 6.61 Å². The van der Waals surface area contributed by atoms with Crippen molar-refractivity contribution in [3.63, 3.8) is 0 Å². The highest BCUT2D eigenvalue weighted by Crippen LogP contribution is 2.08. The van der Waals surface area contributed by atoms with Gasteiger partial charge in [-0.1, -0.05) is 19.6 Å². The molecular formula is C11H18F2N2O2Si. The molecule has 0 aromatic carbocycles. The second kappa shape index (κ2) is 6.19. The smallest absolute Gasteiger partial charge is 0.302 e. The van der Waals surface area contributed by atoms with E-state index in [1.54, 1.807) is 0 Å². The summed E-state index contributed by atoms with van der Waals surface area (Å²) in [5.41, 5.74) is -0.223. The average molecular weight is 276 g/mol. The highest BCUT2D eigenvalue weighted by atomic mass is 28.3. The first-order valence-electron chi connectivity index (χ1n) is 5.71. The van der Waals surface area contributed by atoms with Crippen LogP contribution in [0.5, 0.6) is 0 Å². The van der Waals surface area contributed by atoms with Crippen LogP contribution in [0.3, 0.4) is 0 Å². The number of Topliss-reactive ketones (excluding diaryl/α,β-unsaturated/α-hetero) is 1. The SMILES string of the molecule is C[Si](C)(C)CCOCn1cnc(C(=O)C(F)F)c1. The number of hydrogen-bond donors (Lipinski definition) is 0. The van der Waals surface area contributed by atoms with Crippen LogP contribution in [-0.2, 0) is 11.5 Å². The molecule has 0 aliphatic carbocycles. The normalized spacial score (nSPS) is 12.1.